The van der Waals surface area contributed by atoms with E-state index in [1.165, 1.54) is 6.92 Å². The second kappa shape index (κ2) is 14.0. The predicted octanol–water partition coefficient (Wildman–Crippen LogP) is 1.22. The fourth-order valence-electron chi connectivity index (χ4n) is 7.70. The Hall–Kier alpha value is -3.02. The lowest BCUT2D eigenvalue weighted by Crippen LogP contribution is -2.62. The zero-order valence-corrected chi connectivity index (χ0v) is 24.6. The third-order valence-corrected chi connectivity index (χ3v) is 10.2. The number of ketones is 1. The minimum Gasteiger partial charge on any atom is -0.481 e. The normalized spacial score (nSPS) is 36.5. The first kappa shape index (κ1) is 31.9. The van der Waals surface area contributed by atoms with Crippen LogP contribution in [-0.4, -0.2) is 76.9 Å². The molecule has 6 unspecified atom stereocenters. The quantitative estimate of drug-likeness (QED) is 0.217. The van der Waals surface area contributed by atoms with Crippen LogP contribution in [0.15, 0.2) is 0 Å². The van der Waals surface area contributed by atoms with Crippen molar-refractivity contribution in [3.8, 4) is 0 Å². The topological polar surface area (TPSA) is 191 Å². The summed E-state index contributed by atoms with van der Waals surface area (Å²) in [7, 11) is 1.97. The highest BCUT2D eigenvalue weighted by molar-refractivity contribution is 5.99. The van der Waals surface area contributed by atoms with Gasteiger partial charge in [0.15, 0.2) is 0 Å². The van der Waals surface area contributed by atoms with Gasteiger partial charge in [-0.25, -0.2) is 0 Å². The molecule has 0 bridgehead atoms. The molecule has 6 atom stereocenters. The van der Waals surface area contributed by atoms with Crippen molar-refractivity contribution in [3.63, 3.8) is 0 Å². The molecule has 0 aromatic rings. The van der Waals surface area contributed by atoms with Gasteiger partial charge in [-0.15, -0.1) is 0 Å². The Bertz CT molecular complexity index is 1030. The molecule has 6 N–H and O–H groups in total. The zero-order chi connectivity index (χ0) is 30.6. The number of carboxylic acids is 2. The Kier molecular flexibility index (Phi) is 10.6. The van der Waals surface area contributed by atoms with E-state index in [1.807, 2.05) is 7.05 Å². The van der Waals surface area contributed by atoms with E-state index >= 15 is 0 Å². The molecular weight excluding hydrogens is 544 g/mol. The standard InChI is InChI=1S/C30H46N4O8/c1-15(35)22-23(25(30(41)42)24(22)29(39)40)28(38)34-21-12-10-20(11-13-21)33-27(37)17-5-3-4-16(14-17)26(36)32-19-8-6-18(31-2)7-9-19/h16-25,31H,3-14H2,1-2H3,(H,32,36)(H,33,37)(H,34,38)(H,39,40)(H,41,42). The van der Waals surface area contributed by atoms with Crippen LogP contribution in [0.4, 0.5) is 0 Å². The summed E-state index contributed by atoms with van der Waals surface area (Å²) in [6, 6.07) is 0.421. The molecule has 0 heterocycles. The van der Waals surface area contributed by atoms with Gasteiger partial charge in [-0.1, -0.05) is 6.42 Å². The van der Waals surface area contributed by atoms with Gasteiger partial charge in [-0.3, -0.25) is 28.8 Å². The molecule has 0 saturated heterocycles. The molecule has 4 rings (SSSR count). The molecule has 12 heteroatoms. The van der Waals surface area contributed by atoms with Crippen molar-refractivity contribution in [2.24, 2.45) is 35.5 Å². The third-order valence-electron chi connectivity index (χ3n) is 10.2. The number of Topliss-reactive ketones (excluding diaryl/α,β-unsaturated/α-hetero) is 1. The van der Waals surface area contributed by atoms with Gasteiger partial charge in [-0.05, 0) is 84.6 Å². The van der Waals surface area contributed by atoms with Crippen molar-refractivity contribution in [1.29, 1.82) is 0 Å². The molecule has 0 aliphatic heterocycles. The smallest absolute Gasteiger partial charge is 0.308 e. The molecule has 0 radical (unpaired) electrons. The zero-order valence-electron chi connectivity index (χ0n) is 24.6. The molecule has 0 aromatic heterocycles. The van der Waals surface area contributed by atoms with Crippen LogP contribution in [0.5, 0.6) is 0 Å². The maximum Gasteiger partial charge on any atom is 0.308 e. The summed E-state index contributed by atoms with van der Waals surface area (Å²) in [5.41, 5.74) is 0. The summed E-state index contributed by atoms with van der Waals surface area (Å²) in [6.45, 7) is 1.18. The molecule has 4 aliphatic rings. The number of amides is 3. The van der Waals surface area contributed by atoms with Crippen molar-refractivity contribution in [1.82, 2.24) is 21.3 Å². The monoisotopic (exact) mass is 590 g/mol. The lowest BCUT2D eigenvalue weighted by Gasteiger charge is -2.45. The van der Waals surface area contributed by atoms with Crippen LogP contribution in [0.3, 0.4) is 0 Å². The molecule has 12 nitrogen and oxygen atoms in total. The van der Waals surface area contributed by atoms with E-state index < -0.39 is 47.3 Å². The van der Waals surface area contributed by atoms with Crippen LogP contribution in [0.2, 0.25) is 0 Å². The number of rotatable bonds is 10. The minimum absolute atomic E-state index is 0.0303. The maximum absolute atomic E-state index is 13.1. The summed E-state index contributed by atoms with van der Waals surface area (Å²) in [6.07, 6.45) is 9.39. The maximum atomic E-state index is 13.1. The van der Waals surface area contributed by atoms with Crippen molar-refractivity contribution >= 4 is 35.4 Å². The van der Waals surface area contributed by atoms with E-state index in [4.69, 9.17) is 0 Å². The highest BCUT2D eigenvalue weighted by Crippen LogP contribution is 2.47. The molecule has 3 amide bonds. The first-order valence-electron chi connectivity index (χ1n) is 15.5. The molecule has 0 aromatic carbocycles. The lowest BCUT2D eigenvalue weighted by atomic mass is 9.54. The molecule has 4 saturated carbocycles. The van der Waals surface area contributed by atoms with Gasteiger partial charge in [0.25, 0.3) is 0 Å². The molecule has 4 fully saturated rings. The Morgan fingerprint density at radius 2 is 0.905 bits per heavy atom. The van der Waals surface area contributed by atoms with Gasteiger partial charge < -0.3 is 31.5 Å². The Labute approximate surface area is 246 Å². The number of carbonyl (C=O) groups excluding carboxylic acids is 4. The summed E-state index contributed by atoms with van der Waals surface area (Å²) < 4.78 is 0. The van der Waals surface area contributed by atoms with Gasteiger partial charge in [0, 0.05) is 41.9 Å². The van der Waals surface area contributed by atoms with E-state index in [9.17, 15) is 39.0 Å². The van der Waals surface area contributed by atoms with Gasteiger partial charge in [0.1, 0.15) is 5.78 Å². The van der Waals surface area contributed by atoms with Crippen LogP contribution in [0.1, 0.15) is 84.0 Å². The first-order valence-corrected chi connectivity index (χ1v) is 15.5. The van der Waals surface area contributed by atoms with Gasteiger partial charge in [0.05, 0.1) is 17.8 Å². The van der Waals surface area contributed by atoms with Crippen molar-refractivity contribution in [2.45, 2.75) is 108 Å². The lowest BCUT2D eigenvalue weighted by molar-refractivity contribution is -0.180. The second-order valence-electron chi connectivity index (χ2n) is 12.9. The predicted molar refractivity (Wildman–Crippen MR) is 151 cm³/mol. The van der Waals surface area contributed by atoms with E-state index in [0.717, 1.165) is 44.9 Å². The van der Waals surface area contributed by atoms with Crippen LogP contribution >= 0.6 is 0 Å². The fourth-order valence-corrected chi connectivity index (χ4v) is 7.70. The number of carbonyl (C=O) groups is 6. The van der Waals surface area contributed by atoms with Gasteiger partial charge in [0.2, 0.25) is 17.7 Å². The highest BCUT2D eigenvalue weighted by atomic mass is 16.4. The van der Waals surface area contributed by atoms with E-state index in [2.05, 4.69) is 21.3 Å². The average molecular weight is 591 g/mol. The van der Waals surface area contributed by atoms with Crippen LogP contribution in [0, 0.1) is 35.5 Å². The summed E-state index contributed by atoms with van der Waals surface area (Å²) in [5, 5.41) is 31.4. The SMILES string of the molecule is CNC1CCC(NC(=O)C2CCCC(C(=O)NC3CCC(NC(=O)C4C(C(C)=O)C(C(=O)O)C4C(=O)O)CC3)C2)CC1. The molecular formula is C30H46N4O8. The number of hydrogen-bond acceptors (Lipinski definition) is 7. The van der Waals surface area contributed by atoms with Crippen LogP contribution in [-0.2, 0) is 28.8 Å². The van der Waals surface area contributed by atoms with E-state index in [0.29, 0.717) is 38.1 Å². The molecule has 42 heavy (non-hydrogen) atoms. The molecule has 234 valence electrons. The van der Waals surface area contributed by atoms with E-state index in [-0.39, 0.29) is 41.8 Å². The first-order chi connectivity index (χ1) is 20.0. The van der Waals surface area contributed by atoms with Crippen LogP contribution in [0.25, 0.3) is 0 Å². The Morgan fingerprint density at radius 3 is 1.29 bits per heavy atom. The third kappa shape index (κ3) is 7.30. The molecule has 0 spiro atoms. The Balaban J connectivity index is 1.21. The fraction of sp³-hybridized carbons (Fsp3) is 0.800. The van der Waals surface area contributed by atoms with Crippen LogP contribution < -0.4 is 21.3 Å². The van der Waals surface area contributed by atoms with Crippen molar-refractivity contribution in [2.75, 3.05) is 7.05 Å². The van der Waals surface area contributed by atoms with Gasteiger partial charge >= 0.3 is 11.9 Å². The number of hydrogen-bond donors (Lipinski definition) is 6. The van der Waals surface area contributed by atoms with Crippen molar-refractivity contribution in [3.05, 3.63) is 0 Å². The summed E-state index contributed by atoms with van der Waals surface area (Å²) in [5.74, 6) is -9.44. The molecule has 4 aliphatic carbocycles. The highest BCUT2D eigenvalue weighted by Gasteiger charge is 2.62. The summed E-state index contributed by atoms with van der Waals surface area (Å²) in [4.78, 5) is 74.4. The summed E-state index contributed by atoms with van der Waals surface area (Å²) >= 11 is 0. The Morgan fingerprint density at radius 1 is 0.524 bits per heavy atom. The number of carboxylic acid groups (broad SMARTS) is 2. The van der Waals surface area contributed by atoms with E-state index in [1.54, 1.807) is 0 Å². The largest absolute Gasteiger partial charge is 0.481 e. The second-order valence-corrected chi connectivity index (χ2v) is 12.9. The number of nitrogens with one attached hydrogen (secondary N) is 4. The average Bonchev–Trinajstić information content (AvgIpc) is 2.93. The van der Waals surface area contributed by atoms with Gasteiger partial charge in [-0.2, -0.15) is 0 Å². The van der Waals surface area contributed by atoms with Crippen molar-refractivity contribution < 1.29 is 39.0 Å². The number of aliphatic carboxylic acids is 2. The minimum atomic E-state index is -1.44.